The molecule has 0 aromatic heterocycles. The number of hydrogen-bond acceptors (Lipinski definition) is 2. The van der Waals surface area contributed by atoms with E-state index in [2.05, 4.69) is 19.2 Å². The smallest absolute Gasteiger partial charge is 0.320 e. The number of carboxylic acids is 1. The summed E-state index contributed by atoms with van der Waals surface area (Å²) in [6.07, 6.45) is 7.46. The zero-order valence-electron chi connectivity index (χ0n) is 10.1. The van der Waals surface area contributed by atoms with Gasteiger partial charge >= 0.3 is 5.97 Å². The lowest BCUT2D eigenvalue weighted by molar-refractivity contribution is -0.139. The third kappa shape index (κ3) is 8.43. The third-order valence-electron chi connectivity index (χ3n) is 2.57. The first-order chi connectivity index (χ1) is 7.22. The fourth-order valence-corrected chi connectivity index (χ4v) is 1.56. The Balaban J connectivity index is 3.59. The predicted molar refractivity (Wildman–Crippen MR) is 63.1 cm³/mol. The molecule has 0 aliphatic carbocycles. The lowest BCUT2D eigenvalue weighted by Gasteiger charge is -2.13. The molecule has 0 aliphatic heterocycles. The number of carboxylic acid groups (broad SMARTS) is 1. The Morgan fingerprint density at radius 1 is 1.13 bits per heavy atom. The minimum Gasteiger partial charge on any atom is -0.480 e. The van der Waals surface area contributed by atoms with Gasteiger partial charge in [-0.1, -0.05) is 46.0 Å². The van der Waals surface area contributed by atoms with E-state index in [1.54, 1.807) is 0 Å². The number of aliphatic carboxylic acids is 1. The first-order valence-corrected chi connectivity index (χ1v) is 6.18. The molecule has 0 bridgehead atoms. The first-order valence-electron chi connectivity index (χ1n) is 6.18. The number of hydrogen-bond donors (Lipinski definition) is 2. The maximum absolute atomic E-state index is 10.9. The SMILES string of the molecule is CCCCCNC(CCCCC)C(=O)O. The molecule has 15 heavy (non-hydrogen) atoms. The maximum atomic E-state index is 10.9. The van der Waals surface area contributed by atoms with Crippen LogP contribution >= 0.6 is 0 Å². The highest BCUT2D eigenvalue weighted by atomic mass is 16.4. The molecule has 0 fully saturated rings. The van der Waals surface area contributed by atoms with Crippen molar-refractivity contribution in [1.29, 1.82) is 0 Å². The molecule has 3 heteroatoms. The van der Waals surface area contributed by atoms with Crippen molar-refractivity contribution in [2.75, 3.05) is 6.54 Å². The molecule has 0 aromatic rings. The molecular formula is C12H25NO2. The summed E-state index contributed by atoms with van der Waals surface area (Å²) in [5.74, 6) is -0.706. The second kappa shape index (κ2) is 9.97. The van der Waals surface area contributed by atoms with Gasteiger partial charge in [0.05, 0.1) is 0 Å². The van der Waals surface area contributed by atoms with Gasteiger partial charge in [0.15, 0.2) is 0 Å². The van der Waals surface area contributed by atoms with E-state index in [-0.39, 0.29) is 6.04 Å². The number of nitrogens with one attached hydrogen (secondary N) is 1. The van der Waals surface area contributed by atoms with Gasteiger partial charge < -0.3 is 10.4 Å². The lowest BCUT2D eigenvalue weighted by Crippen LogP contribution is -2.37. The highest BCUT2D eigenvalue weighted by Gasteiger charge is 2.14. The second-order valence-electron chi connectivity index (χ2n) is 4.05. The summed E-state index contributed by atoms with van der Waals surface area (Å²) >= 11 is 0. The molecule has 0 heterocycles. The molecule has 0 saturated heterocycles. The van der Waals surface area contributed by atoms with Crippen LogP contribution < -0.4 is 5.32 Å². The minimum absolute atomic E-state index is 0.339. The molecule has 2 N–H and O–H groups in total. The van der Waals surface area contributed by atoms with Gasteiger partial charge in [0.25, 0.3) is 0 Å². The molecule has 1 unspecified atom stereocenters. The topological polar surface area (TPSA) is 49.3 Å². The molecule has 0 spiro atoms. The van der Waals surface area contributed by atoms with E-state index < -0.39 is 5.97 Å². The highest BCUT2D eigenvalue weighted by molar-refractivity contribution is 5.73. The monoisotopic (exact) mass is 215 g/mol. The zero-order chi connectivity index (χ0) is 11.5. The van der Waals surface area contributed by atoms with Crippen LogP contribution in [-0.4, -0.2) is 23.7 Å². The Labute approximate surface area is 93.3 Å². The van der Waals surface area contributed by atoms with Crippen LogP contribution in [0.15, 0.2) is 0 Å². The van der Waals surface area contributed by atoms with Gasteiger partial charge in [-0.2, -0.15) is 0 Å². The van der Waals surface area contributed by atoms with Gasteiger partial charge in [0.1, 0.15) is 6.04 Å². The van der Waals surface area contributed by atoms with Gasteiger partial charge in [0.2, 0.25) is 0 Å². The fourth-order valence-electron chi connectivity index (χ4n) is 1.56. The van der Waals surface area contributed by atoms with Crippen molar-refractivity contribution in [3.05, 3.63) is 0 Å². The van der Waals surface area contributed by atoms with Crippen LogP contribution in [-0.2, 0) is 4.79 Å². The van der Waals surface area contributed by atoms with Crippen molar-refractivity contribution in [3.8, 4) is 0 Å². The minimum atomic E-state index is -0.706. The lowest BCUT2D eigenvalue weighted by atomic mass is 10.1. The van der Waals surface area contributed by atoms with Gasteiger partial charge in [-0.3, -0.25) is 4.79 Å². The molecule has 0 saturated carbocycles. The van der Waals surface area contributed by atoms with Gasteiger partial charge in [-0.25, -0.2) is 0 Å². The Bertz CT molecular complexity index is 160. The van der Waals surface area contributed by atoms with Crippen LogP contribution in [0.3, 0.4) is 0 Å². The molecule has 0 radical (unpaired) electrons. The molecular weight excluding hydrogens is 190 g/mol. The largest absolute Gasteiger partial charge is 0.480 e. The molecule has 3 nitrogen and oxygen atoms in total. The number of rotatable bonds is 10. The Morgan fingerprint density at radius 2 is 1.73 bits per heavy atom. The van der Waals surface area contributed by atoms with Gasteiger partial charge in [0, 0.05) is 0 Å². The van der Waals surface area contributed by atoms with E-state index in [1.807, 2.05) is 0 Å². The average molecular weight is 215 g/mol. The van der Waals surface area contributed by atoms with Crippen molar-refractivity contribution >= 4 is 5.97 Å². The average Bonchev–Trinajstić information content (AvgIpc) is 2.21. The van der Waals surface area contributed by atoms with Crippen molar-refractivity contribution in [3.63, 3.8) is 0 Å². The Kier molecular flexibility index (Phi) is 9.59. The molecule has 0 amide bonds. The van der Waals surface area contributed by atoms with Crippen molar-refractivity contribution < 1.29 is 9.90 Å². The van der Waals surface area contributed by atoms with Crippen LogP contribution in [0.4, 0.5) is 0 Å². The number of carbonyl (C=O) groups is 1. The van der Waals surface area contributed by atoms with Gasteiger partial charge in [-0.05, 0) is 19.4 Å². The van der Waals surface area contributed by atoms with E-state index in [0.29, 0.717) is 0 Å². The standard InChI is InChI=1S/C12H25NO2/c1-3-5-7-9-11(12(14)15)13-10-8-6-4-2/h11,13H,3-10H2,1-2H3,(H,14,15). The number of unbranched alkanes of at least 4 members (excludes halogenated alkanes) is 4. The summed E-state index contributed by atoms with van der Waals surface area (Å²) in [7, 11) is 0. The predicted octanol–water partition coefficient (Wildman–Crippen LogP) is 2.80. The van der Waals surface area contributed by atoms with E-state index in [4.69, 9.17) is 5.11 Å². The molecule has 90 valence electrons. The summed E-state index contributed by atoms with van der Waals surface area (Å²) in [6.45, 7) is 5.11. The zero-order valence-corrected chi connectivity index (χ0v) is 10.1. The second-order valence-corrected chi connectivity index (χ2v) is 4.05. The molecule has 0 aliphatic rings. The van der Waals surface area contributed by atoms with Crippen LogP contribution in [0, 0.1) is 0 Å². The fraction of sp³-hybridized carbons (Fsp3) is 0.917. The van der Waals surface area contributed by atoms with E-state index >= 15 is 0 Å². The van der Waals surface area contributed by atoms with Crippen LogP contribution in [0.25, 0.3) is 0 Å². The Morgan fingerprint density at radius 3 is 2.27 bits per heavy atom. The van der Waals surface area contributed by atoms with Crippen molar-refractivity contribution in [2.24, 2.45) is 0 Å². The molecule has 1 atom stereocenters. The van der Waals surface area contributed by atoms with Crippen LogP contribution in [0.2, 0.25) is 0 Å². The summed E-state index contributed by atoms with van der Waals surface area (Å²) in [5.41, 5.74) is 0. The van der Waals surface area contributed by atoms with Crippen molar-refractivity contribution in [2.45, 2.75) is 64.8 Å². The summed E-state index contributed by atoms with van der Waals surface area (Å²) < 4.78 is 0. The quantitative estimate of drug-likeness (QED) is 0.551. The Hall–Kier alpha value is -0.570. The first kappa shape index (κ1) is 14.4. The van der Waals surface area contributed by atoms with E-state index in [1.165, 1.54) is 12.8 Å². The molecule has 0 aromatic carbocycles. The normalized spacial score (nSPS) is 12.7. The summed E-state index contributed by atoms with van der Waals surface area (Å²) in [6, 6.07) is -0.339. The van der Waals surface area contributed by atoms with Crippen LogP contribution in [0.1, 0.15) is 58.8 Å². The highest BCUT2D eigenvalue weighted by Crippen LogP contribution is 2.04. The van der Waals surface area contributed by atoms with Gasteiger partial charge in [-0.15, -0.1) is 0 Å². The summed E-state index contributed by atoms with van der Waals surface area (Å²) in [4.78, 5) is 10.9. The van der Waals surface area contributed by atoms with E-state index in [0.717, 1.165) is 38.6 Å². The third-order valence-corrected chi connectivity index (χ3v) is 2.57. The van der Waals surface area contributed by atoms with E-state index in [9.17, 15) is 4.79 Å². The summed E-state index contributed by atoms with van der Waals surface area (Å²) in [5, 5.41) is 12.1. The van der Waals surface area contributed by atoms with Crippen LogP contribution in [0.5, 0.6) is 0 Å². The van der Waals surface area contributed by atoms with Crippen molar-refractivity contribution in [1.82, 2.24) is 5.32 Å². The molecule has 0 rings (SSSR count). The maximum Gasteiger partial charge on any atom is 0.320 e.